The Kier molecular flexibility index (Phi) is 5.18. The molecule has 0 atom stereocenters. The number of rotatable bonds is 6. The van der Waals surface area contributed by atoms with Crippen molar-refractivity contribution in [3.05, 3.63) is 60.2 Å². The van der Waals surface area contributed by atoms with Crippen LogP contribution in [0.5, 0.6) is 17.2 Å². The molecule has 0 aromatic heterocycles. The Labute approximate surface area is 156 Å². The molecule has 0 aliphatic rings. The number of sulfonamides is 1. The van der Waals surface area contributed by atoms with Crippen LogP contribution in [0.2, 0.25) is 0 Å². The highest BCUT2D eigenvalue weighted by Gasteiger charge is 2.19. The zero-order valence-corrected chi connectivity index (χ0v) is 15.5. The monoisotopic (exact) mass is 386 g/mol. The van der Waals surface area contributed by atoms with Gasteiger partial charge in [0.1, 0.15) is 22.1 Å². The number of hydrogen-bond acceptors (Lipinski definition) is 6. The van der Waals surface area contributed by atoms with Crippen molar-refractivity contribution in [1.82, 2.24) is 4.83 Å². The van der Waals surface area contributed by atoms with Crippen molar-refractivity contribution < 1.29 is 23.0 Å². The van der Waals surface area contributed by atoms with Gasteiger partial charge in [0, 0.05) is 11.6 Å². The number of fused-ring (bicyclic) bond motifs is 1. The van der Waals surface area contributed by atoms with Crippen LogP contribution in [0.4, 0.5) is 0 Å². The molecule has 3 rings (SSSR count). The Morgan fingerprint density at radius 2 is 1.81 bits per heavy atom. The molecule has 0 fully saturated rings. The lowest BCUT2D eigenvalue weighted by Gasteiger charge is -2.10. The van der Waals surface area contributed by atoms with Gasteiger partial charge in [0.05, 0.1) is 20.4 Å². The van der Waals surface area contributed by atoms with Crippen LogP contribution in [0.1, 0.15) is 5.56 Å². The molecule has 0 aliphatic carbocycles. The van der Waals surface area contributed by atoms with Crippen molar-refractivity contribution in [2.75, 3.05) is 14.2 Å². The maximum absolute atomic E-state index is 12.5. The molecule has 0 heterocycles. The topological polar surface area (TPSA) is 97.2 Å². The van der Waals surface area contributed by atoms with Gasteiger partial charge >= 0.3 is 0 Å². The maximum Gasteiger partial charge on any atom is 0.280 e. The minimum Gasteiger partial charge on any atom is -0.507 e. The van der Waals surface area contributed by atoms with Gasteiger partial charge in [-0.1, -0.05) is 30.3 Å². The molecule has 8 heteroatoms. The fraction of sp³-hybridized carbons (Fsp3) is 0.105. The van der Waals surface area contributed by atoms with Crippen LogP contribution in [-0.2, 0) is 10.0 Å². The molecule has 3 aromatic rings. The third-order valence-electron chi connectivity index (χ3n) is 3.97. The first-order valence-electron chi connectivity index (χ1n) is 7.94. The van der Waals surface area contributed by atoms with E-state index in [2.05, 4.69) is 9.93 Å². The third-order valence-corrected chi connectivity index (χ3v) is 5.24. The number of hydrogen-bond donors (Lipinski definition) is 2. The summed E-state index contributed by atoms with van der Waals surface area (Å²) in [5.74, 6) is 0.596. The molecular formula is C19H18N2O5S. The van der Waals surface area contributed by atoms with Crippen molar-refractivity contribution in [2.24, 2.45) is 5.10 Å². The Hall–Kier alpha value is -3.26. The maximum atomic E-state index is 12.5. The van der Waals surface area contributed by atoms with Crippen molar-refractivity contribution in [2.45, 2.75) is 4.90 Å². The number of nitrogens with one attached hydrogen (secondary N) is 1. The van der Waals surface area contributed by atoms with Crippen LogP contribution >= 0.6 is 0 Å². The summed E-state index contributed by atoms with van der Waals surface area (Å²) in [4.78, 5) is 2.06. The molecule has 2 N–H and O–H groups in total. The van der Waals surface area contributed by atoms with E-state index in [1.54, 1.807) is 6.07 Å². The first-order chi connectivity index (χ1) is 13.0. The minimum absolute atomic E-state index is 0.00123. The average molecular weight is 386 g/mol. The van der Waals surface area contributed by atoms with Crippen molar-refractivity contribution in [3.8, 4) is 17.2 Å². The van der Waals surface area contributed by atoms with Gasteiger partial charge in [-0.15, -0.1) is 0 Å². The molecular weight excluding hydrogens is 368 g/mol. The van der Waals surface area contributed by atoms with Crippen molar-refractivity contribution in [3.63, 3.8) is 0 Å². The average Bonchev–Trinajstić information content (AvgIpc) is 2.69. The molecule has 0 radical (unpaired) electrons. The first kappa shape index (κ1) is 18.5. The predicted molar refractivity (Wildman–Crippen MR) is 103 cm³/mol. The molecule has 3 aromatic carbocycles. The summed E-state index contributed by atoms with van der Waals surface area (Å²) in [6.45, 7) is 0. The summed E-state index contributed by atoms with van der Waals surface area (Å²) in [7, 11) is -1.13. The van der Waals surface area contributed by atoms with E-state index in [0.717, 1.165) is 10.8 Å². The van der Waals surface area contributed by atoms with E-state index in [4.69, 9.17) is 9.47 Å². The number of methoxy groups -OCH3 is 2. The number of aromatic hydroxyl groups is 1. The fourth-order valence-corrected chi connectivity index (χ4v) is 3.57. The molecule has 140 valence electrons. The Morgan fingerprint density at radius 3 is 2.56 bits per heavy atom. The molecule has 0 amide bonds. The molecule has 0 aliphatic heterocycles. The summed E-state index contributed by atoms with van der Waals surface area (Å²) in [6.07, 6.45) is 1.27. The van der Waals surface area contributed by atoms with Gasteiger partial charge in [0.15, 0.2) is 0 Å². The highest BCUT2D eigenvalue weighted by atomic mass is 32.2. The Bertz CT molecular complexity index is 1110. The van der Waals surface area contributed by atoms with E-state index in [9.17, 15) is 13.5 Å². The highest BCUT2D eigenvalue weighted by molar-refractivity contribution is 7.89. The number of phenolic OH excluding ortho intramolecular Hbond substituents is 1. The van der Waals surface area contributed by atoms with Crippen molar-refractivity contribution >= 4 is 27.0 Å². The van der Waals surface area contributed by atoms with Crippen LogP contribution in [0, 0.1) is 0 Å². The number of phenols is 1. The SMILES string of the molecule is COc1ccc(S(=O)(=O)NN=Cc2c(O)ccc3ccccc23)c(OC)c1. The summed E-state index contributed by atoms with van der Waals surface area (Å²) < 4.78 is 35.3. The van der Waals surface area contributed by atoms with E-state index in [0.29, 0.717) is 11.3 Å². The Morgan fingerprint density at radius 1 is 1.04 bits per heavy atom. The second kappa shape index (κ2) is 7.55. The van der Waals surface area contributed by atoms with Gasteiger partial charge in [-0.3, -0.25) is 0 Å². The van der Waals surface area contributed by atoms with E-state index < -0.39 is 10.0 Å². The van der Waals surface area contributed by atoms with Crippen LogP contribution < -0.4 is 14.3 Å². The minimum atomic E-state index is -3.97. The summed E-state index contributed by atoms with van der Waals surface area (Å²) >= 11 is 0. The number of hydrazone groups is 1. The van der Waals surface area contributed by atoms with Gasteiger partial charge in [-0.05, 0) is 29.0 Å². The standard InChI is InChI=1S/C19H18N2O5S/c1-25-14-8-10-19(18(11-14)26-2)27(23,24)21-20-12-16-15-6-4-3-5-13(15)7-9-17(16)22/h3-12,21-22H,1-2H3. The van der Waals surface area contributed by atoms with E-state index in [1.165, 1.54) is 44.7 Å². The summed E-state index contributed by atoms with van der Waals surface area (Å²) in [6, 6.07) is 15.1. The van der Waals surface area contributed by atoms with Gasteiger partial charge < -0.3 is 14.6 Å². The van der Waals surface area contributed by atoms with Crippen molar-refractivity contribution in [1.29, 1.82) is 0 Å². The summed E-state index contributed by atoms with van der Waals surface area (Å²) in [5, 5.41) is 15.6. The smallest absolute Gasteiger partial charge is 0.280 e. The highest BCUT2D eigenvalue weighted by Crippen LogP contribution is 2.28. The van der Waals surface area contributed by atoms with Gasteiger partial charge in [-0.25, -0.2) is 0 Å². The molecule has 0 saturated carbocycles. The largest absolute Gasteiger partial charge is 0.507 e. The molecule has 27 heavy (non-hydrogen) atoms. The fourth-order valence-electron chi connectivity index (χ4n) is 2.63. The lowest BCUT2D eigenvalue weighted by Crippen LogP contribution is -2.19. The molecule has 0 bridgehead atoms. The Balaban J connectivity index is 1.92. The predicted octanol–water partition coefficient (Wildman–Crippen LogP) is 2.88. The molecule has 7 nitrogen and oxygen atoms in total. The van der Waals surface area contributed by atoms with Gasteiger partial charge in [0.25, 0.3) is 10.0 Å². The first-order valence-corrected chi connectivity index (χ1v) is 9.42. The second-order valence-electron chi connectivity index (χ2n) is 5.59. The number of nitrogens with zero attached hydrogens (tertiary/aromatic N) is 1. The second-order valence-corrected chi connectivity index (χ2v) is 7.22. The molecule has 0 unspecified atom stereocenters. The van der Waals surface area contributed by atoms with Gasteiger partial charge in [-0.2, -0.15) is 18.4 Å². The van der Waals surface area contributed by atoms with Gasteiger partial charge in [0.2, 0.25) is 0 Å². The van der Waals surface area contributed by atoms with E-state index in [-0.39, 0.29) is 16.4 Å². The lowest BCUT2D eigenvalue weighted by atomic mass is 10.0. The quantitative estimate of drug-likeness (QED) is 0.502. The van der Waals surface area contributed by atoms with Crippen LogP contribution in [0.15, 0.2) is 64.6 Å². The number of benzene rings is 3. The molecule has 0 spiro atoms. The molecule has 0 saturated heterocycles. The summed E-state index contributed by atoms with van der Waals surface area (Å²) in [5.41, 5.74) is 0.414. The normalized spacial score (nSPS) is 11.6. The zero-order chi connectivity index (χ0) is 19.4. The third kappa shape index (κ3) is 3.80. The van der Waals surface area contributed by atoms with E-state index in [1.807, 2.05) is 24.3 Å². The van der Waals surface area contributed by atoms with Crippen LogP contribution in [0.3, 0.4) is 0 Å². The van der Waals surface area contributed by atoms with E-state index >= 15 is 0 Å². The zero-order valence-electron chi connectivity index (χ0n) is 14.7. The van der Waals surface area contributed by atoms with Crippen LogP contribution in [0.25, 0.3) is 10.8 Å². The van der Waals surface area contributed by atoms with Crippen LogP contribution in [-0.4, -0.2) is 34.0 Å². The number of ether oxygens (including phenoxy) is 2. The lowest BCUT2D eigenvalue weighted by molar-refractivity contribution is 0.386.